The van der Waals surface area contributed by atoms with Gasteiger partial charge in [-0.2, -0.15) is 4.99 Å². The second-order valence-corrected chi connectivity index (χ2v) is 1.90. The lowest BCUT2D eigenvalue weighted by atomic mass is 10.6. The van der Waals surface area contributed by atoms with Crippen molar-refractivity contribution >= 4 is 12.3 Å². The lowest BCUT2D eigenvalue weighted by molar-refractivity contribution is 0.455. The van der Waals surface area contributed by atoms with E-state index in [9.17, 15) is 0 Å². The molecule has 0 aromatic rings. The van der Waals surface area contributed by atoms with Crippen molar-refractivity contribution in [3.63, 3.8) is 0 Å². The summed E-state index contributed by atoms with van der Waals surface area (Å²) in [5.41, 5.74) is 15.8. The van der Waals surface area contributed by atoms with Gasteiger partial charge in [-0.25, -0.2) is 15.8 Å². The molecule has 0 fully saturated rings. The normalized spacial score (nSPS) is 22.7. The summed E-state index contributed by atoms with van der Waals surface area (Å²) >= 11 is 0. The number of nitrogens with zero attached hydrogens (tertiary/aromatic N) is 3. The lowest BCUT2D eigenvalue weighted by Crippen LogP contribution is -2.55. The fourth-order valence-electron chi connectivity index (χ4n) is 0.484. The fraction of sp³-hybridized carbons (Fsp3) is 0.333. The van der Waals surface area contributed by atoms with Crippen molar-refractivity contribution in [1.29, 1.82) is 0 Å². The second kappa shape index (κ2) is 1.90. The summed E-state index contributed by atoms with van der Waals surface area (Å²) in [7, 11) is 0. The molecule has 7 nitrogen and oxygen atoms in total. The van der Waals surface area contributed by atoms with E-state index in [1.807, 2.05) is 0 Å². The molecule has 1 aliphatic heterocycles. The number of guanidine groups is 1. The number of nitrogens with two attached hydrogens (primary N) is 4. The highest BCUT2D eigenvalue weighted by Crippen LogP contribution is 1.98. The molecule has 56 valence electrons. The summed E-state index contributed by atoms with van der Waals surface area (Å²) in [5, 5.41) is 1.03. The van der Waals surface area contributed by atoms with Crippen molar-refractivity contribution in [2.45, 2.75) is 5.91 Å². The fourth-order valence-corrected chi connectivity index (χ4v) is 0.484. The second-order valence-electron chi connectivity index (χ2n) is 1.90. The summed E-state index contributed by atoms with van der Waals surface area (Å²) in [6.45, 7) is 0. The molecule has 0 aliphatic carbocycles. The van der Waals surface area contributed by atoms with E-state index in [1.165, 1.54) is 6.34 Å². The Labute approximate surface area is 57.3 Å². The van der Waals surface area contributed by atoms with Crippen LogP contribution < -0.4 is 23.0 Å². The SMILES string of the molecule is NC1=NC(N)(N)N=CN1N. The summed E-state index contributed by atoms with van der Waals surface area (Å²) < 4.78 is 0. The summed E-state index contributed by atoms with van der Waals surface area (Å²) in [5.74, 6) is 3.80. The minimum atomic E-state index is -1.46. The van der Waals surface area contributed by atoms with Gasteiger partial charge in [-0.3, -0.25) is 11.5 Å². The number of rotatable bonds is 0. The van der Waals surface area contributed by atoms with Crippen LogP contribution in [0.15, 0.2) is 9.98 Å². The van der Waals surface area contributed by atoms with Crippen molar-refractivity contribution in [1.82, 2.24) is 5.01 Å². The maximum Gasteiger partial charge on any atom is 0.264 e. The predicted molar refractivity (Wildman–Crippen MR) is 37.2 cm³/mol. The molecule has 0 saturated carbocycles. The van der Waals surface area contributed by atoms with Crippen LogP contribution in [-0.2, 0) is 0 Å². The molecule has 1 heterocycles. The van der Waals surface area contributed by atoms with Gasteiger partial charge in [-0.15, -0.1) is 0 Å². The zero-order chi connectivity index (χ0) is 7.78. The van der Waals surface area contributed by atoms with E-state index in [0.29, 0.717) is 0 Å². The smallest absolute Gasteiger partial charge is 0.264 e. The van der Waals surface area contributed by atoms with Gasteiger partial charge in [0.2, 0.25) is 5.96 Å². The minimum absolute atomic E-state index is 0.0417. The Bertz CT molecular complexity index is 191. The van der Waals surface area contributed by atoms with Crippen LogP contribution in [0.2, 0.25) is 0 Å². The van der Waals surface area contributed by atoms with Gasteiger partial charge in [-0.1, -0.05) is 0 Å². The van der Waals surface area contributed by atoms with E-state index in [1.54, 1.807) is 0 Å². The van der Waals surface area contributed by atoms with Crippen molar-refractivity contribution in [2.75, 3.05) is 0 Å². The van der Waals surface area contributed by atoms with Crippen LogP contribution in [0, 0.1) is 0 Å². The molecular formula is C3H9N7. The Morgan fingerprint density at radius 3 is 2.50 bits per heavy atom. The molecule has 0 aromatic carbocycles. The van der Waals surface area contributed by atoms with E-state index in [4.69, 9.17) is 23.0 Å². The van der Waals surface area contributed by atoms with E-state index < -0.39 is 5.91 Å². The van der Waals surface area contributed by atoms with Crippen molar-refractivity contribution < 1.29 is 0 Å². The van der Waals surface area contributed by atoms with Crippen molar-refractivity contribution in [3.8, 4) is 0 Å². The van der Waals surface area contributed by atoms with Crippen molar-refractivity contribution in [2.24, 2.45) is 33.0 Å². The van der Waals surface area contributed by atoms with Crippen LogP contribution in [-0.4, -0.2) is 23.2 Å². The molecule has 0 amide bonds. The van der Waals surface area contributed by atoms with E-state index in [2.05, 4.69) is 9.98 Å². The summed E-state index contributed by atoms with van der Waals surface area (Å²) in [4.78, 5) is 7.11. The highest BCUT2D eigenvalue weighted by molar-refractivity contribution is 5.89. The largest absolute Gasteiger partial charge is 0.368 e. The third-order valence-corrected chi connectivity index (χ3v) is 0.947. The molecule has 0 saturated heterocycles. The average Bonchev–Trinajstić information content (AvgIpc) is 1.79. The van der Waals surface area contributed by atoms with Gasteiger partial charge in [0.15, 0.2) is 0 Å². The zero-order valence-corrected chi connectivity index (χ0v) is 5.23. The minimum Gasteiger partial charge on any atom is -0.368 e. The van der Waals surface area contributed by atoms with E-state index in [-0.39, 0.29) is 5.96 Å². The van der Waals surface area contributed by atoms with Gasteiger partial charge < -0.3 is 5.73 Å². The Balaban J connectivity index is 2.85. The maximum absolute atomic E-state index is 5.26. The highest BCUT2D eigenvalue weighted by atomic mass is 15.5. The predicted octanol–water partition coefficient (Wildman–Crippen LogP) is -2.95. The van der Waals surface area contributed by atoms with Gasteiger partial charge in [0.1, 0.15) is 6.34 Å². The first-order valence-corrected chi connectivity index (χ1v) is 2.54. The Morgan fingerprint density at radius 1 is 1.50 bits per heavy atom. The molecule has 7 heteroatoms. The summed E-state index contributed by atoms with van der Waals surface area (Å²) in [6, 6.07) is 0. The molecular weight excluding hydrogens is 134 g/mol. The van der Waals surface area contributed by atoms with Crippen LogP contribution in [0.5, 0.6) is 0 Å². The molecule has 0 atom stereocenters. The van der Waals surface area contributed by atoms with Gasteiger partial charge in [0, 0.05) is 0 Å². The molecule has 0 unspecified atom stereocenters. The summed E-state index contributed by atoms with van der Waals surface area (Å²) in [6.07, 6.45) is 1.21. The van der Waals surface area contributed by atoms with Crippen LogP contribution in [0.1, 0.15) is 0 Å². The maximum atomic E-state index is 5.26. The number of hydrogen-bond acceptors (Lipinski definition) is 7. The molecule has 1 rings (SSSR count). The Hall–Kier alpha value is -1.18. The Morgan fingerprint density at radius 2 is 2.10 bits per heavy atom. The number of hydrogen-bond donors (Lipinski definition) is 4. The lowest BCUT2D eigenvalue weighted by Gasteiger charge is -2.23. The monoisotopic (exact) mass is 143 g/mol. The van der Waals surface area contributed by atoms with E-state index in [0.717, 1.165) is 5.01 Å². The van der Waals surface area contributed by atoms with Crippen LogP contribution >= 0.6 is 0 Å². The first-order valence-electron chi connectivity index (χ1n) is 2.54. The first kappa shape index (κ1) is 6.93. The molecule has 10 heavy (non-hydrogen) atoms. The Kier molecular flexibility index (Phi) is 1.32. The van der Waals surface area contributed by atoms with Crippen LogP contribution in [0.3, 0.4) is 0 Å². The molecule has 8 N–H and O–H groups in total. The quantitative estimate of drug-likeness (QED) is 0.212. The third kappa shape index (κ3) is 1.21. The molecule has 0 radical (unpaired) electrons. The van der Waals surface area contributed by atoms with Gasteiger partial charge in [0.25, 0.3) is 5.91 Å². The van der Waals surface area contributed by atoms with Gasteiger partial charge in [-0.05, 0) is 0 Å². The third-order valence-electron chi connectivity index (χ3n) is 0.947. The zero-order valence-electron chi connectivity index (χ0n) is 5.23. The average molecular weight is 143 g/mol. The number of hydrazine groups is 1. The molecule has 0 aromatic heterocycles. The van der Waals surface area contributed by atoms with Gasteiger partial charge >= 0.3 is 0 Å². The first-order chi connectivity index (χ1) is 4.51. The van der Waals surface area contributed by atoms with E-state index >= 15 is 0 Å². The molecule has 0 bridgehead atoms. The highest BCUT2D eigenvalue weighted by Gasteiger charge is 2.20. The molecule has 0 spiro atoms. The van der Waals surface area contributed by atoms with Crippen molar-refractivity contribution in [3.05, 3.63) is 0 Å². The van der Waals surface area contributed by atoms with Crippen LogP contribution in [0.25, 0.3) is 0 Å². The topological polar surface area (TPSA) is 132 Å². The standard InChI is InChI=1S/C3H9N7/c4-2-9-3(5,6)8-1-10(2)7/h1H,5-7H2,(H2,4,9). The molecule has 1 aliphatic rings. The van der Waals surface area contributed by atoms with Crippen LogP contribution in [0.4, 0.5) is 0 Å². The van der Waals surface area contributed by atoms with Gasteiger partial charge in [0.05, 0.1) is 0 Å². The number of aliphatic imine (C=N–C) groups is 2.